The number of hydrogen-bond acceptors (Lipinski definition) is 4. The van der Waals surface area contributed by atoms with Crippen molar-refractivity contribution in [2.75, 3.05) is 25.0 Å². The van der Waals surface area contributed by atoms with Crippen LogP contribution in [0.15, 0.2) is 0 Å². The second-order valence-corrected chi connectivity index (χ2v) is 5.60. The maximum absolute atomic E-state index is 11.9. The smallest absolute Gasteiger partial charge is 0.224 e. The molecule has 0 aromatic carbocycles. The number of aromatic nitrogens is 2. The van der Waals surface area contributed by atoms with Gasteiger partial charge in [0.2, 0.25) is 5.91 Å². The first-order valence-electron chi connectivity index (χ1n) is 7.46. The zero-order valence-corrected chi connectivity index (χ0v) is 14.3. The van der Waals surface area contributed by atoms with Crippen molar-refractivity contribution in [3.8, 4) is 0 Å². The van der Waals surface area contributed by atoms with Gasteiger partial charge in [0.25, 0.3) is 0 Å². The van der Waals surface area contributed by atoms with E-state index in [0.717, 1.165) is 18.7 Å². The molecule has 0 aliphatic carbocycles. The van der Waals surface area contributed by atoms with Crippen LogP contribution in [0.5, 0.6) is 0 Å². The number of nitrogens with zero attached hydrogens (tertiary/aromatic N) is 3. The van der Waals surface area contributed by atoms with Gasteiger partial charge >= 0.3 is 0 Å². The van der Waals surface area contributed by atoms with E-state index in [1.165, 1.54) is 0 Å². The van der Waals surface area contributed by atoms with E-state index >= 15 is 0 Å². The van der Waals surface area contributed by atoms with Gasteiger partial charge in [0.15, 0.2) is 0 Å². The summed E-state index contributed by atoms with van der Waals surface area (Å²) in [5.74, 6) is 1.78. The van der Waals surface area contributed by atoms with E-state index in [1.54, 1.807) is 0 Å². The Bertz CT molecular complexity index is 487. The Labute approximate surface area is 132 Å². The van der Waals surface area contributed by atoms with Crippen molar-refractivity contribution in [1.29, 1.82) is 0 Å². The van der Waals surface area contributed by atoms with Crippen molar-refractivity contribution in [3.05, 3.63) is 16.5 Å². The molecule has 1 aromatic rings. The Balaban J connectivity index is 2.69. The molecule has 1 aromatic heterocycles. The van der Waals surface area contributed by atoms with Crippen molar-refractivity contribution < 1.29 is 4.79 Å². The molecular weight excluding hydrogens is 288 g/mol. The molecule has 118 valence electrons. The summed E-state index contributed by atoms with van der Waals surface area (Å²) in [5.41, 5.74) is 0.816. The van der Waals surface area contributed by atoms with E-state index in [4.69, 9.17) is 11.6 Å². The van der Waals surface area contributed by atoms with Crippen molar-refractivity contribution in [2.45, 2.75) is 47.0 Å². The normalized spacial score (nSPS) is 10.8. The highest BCUT2D eigenvalue weighted by Gasteiger charge is 2.13. The van der Waals surface area contributed by atoms with Crippen LogP contribution < -0.4 is 5.32 Å². The van der Waals surface area contributed by atoms with Crippen molar-refractivity contribution in [3.63, 3.8) is 0 Å². The van der Waals surface area contributed by atoms with Crippen LogP contribution in [-0.4, -0.2) is 40.4 Å². The lowest BCUT2D eigenvalue weighted by molar-refractivity contribution is -0.130. The number of halogens is 1. The van der Waals surface area contributed by atoms with Crippen molar-refractivity contribution in [2.24, 2.45) is 0 Å². The molecule has 5 nitrogen and oxygen atoms in total. The molecular formula is C15H25ClN4O. The number of carbonyl (C=O) groups is 1. The summed E-state index contributed by atoms with van der Waals surface area (Å²) >= 11 is 6.13. The molecule has 0 spiro atoms. The molecule has 0 unspecified atom stereocenters. The standard InChI is InChI=1S/C15H25ClN4O/c1-6-20(7-2)12(21)8-9-17-15-11(5)13(16)18-14(19-15)10(3)4/h10H,6-9H2,1-5H3,(H,17,18,19). The first-order chi connectivity index (χ1) is 9.90. The number of nitrogens with one attached hydrogen (secondary N) is 1. The first kappa shape index (κ1) is 17.7. The number of carbonyl (C=O) groups excluding carboxylic acids is 1. The highest BCUT2D eigenvalue weighted by molar-refractivity contribution is 6.30. The summed E-state index contributed by atoms with van der Waals surface area (Å²) in [6.07, 6.45) is 0.444. The van der Waals surface area contributed by atoms with Crippen molar-refractivity contribution in [1.82, 2.24) is 14.9 Å². The summed E-state index contributed by atoms with van der Waals surface area (Å²) in [7, 11) is 0. The number of hydrogen-bond donors (Lipinski definition) is 1. The second kappa shape index (κ2) is 8.17. The molecule has 0 aliphatic rings. The number of anilines is 1. The van der Waals surface area contributed by atoms with E-state index in [-0.39, 0.29) is 11.8 Å². The average molecular weight is 313 g/mol. The molecule has 1 rings (SSSR count). The van der Waals surface area contributed by atoms with E-state index in [1.807, 2.05) is 39.5 Å². The van der Waals surface area contributed by atoms with Gasteiger partial charge in [0.1, 0.15) is 16.8 Å². The average Bonchev–Trinajstić information content (AvgIpc) is 2.44. The highest BCUT2D eigenvalue weighted by Crippen LogP contribution is 2.22. The van der Waals surface area contributed by atoms with Crippen LogP contribution in [0.4, 0.5) is 5.82 Å². The van der Waals surface area contributed by atoms with Crippen molar-refractivity contribution >= 4 is 23.3 Å². The number of rotatable bonds is 7. The minimum atomic E-state index is 0.148. The predicted molar refractivity (Wildman–Crippen MR) is 86.9 cm³/mol. The van der Waals surface area contributed by atoms with E-state index in [9.17, 15) is 4.79 Å². The predicted octanol–water partition coefficient (Wildman–Crippen LogP) is 3.23. The molecule has 0 bridgehead atoms. The fourth-order valence-corrected chi connectivity index (χ4v) is 2.13. The SMILES string of the molecule is CCN(CC)C(=O)CCNc1nc(C(C)C)nc(Cl)c1C. The van der Waals surface area contributed by atoms with Crippen LogP contribution >= 0.6 is 11.6 Å². The molecule has 1 amide bonds. The van der Waals surface area contributed by atoms with E-state index < -0.39 is 0 Å². The van der Waals surface area contributed by atoms with Gasteiger partial charge in [-0.2, -0.15) is 0 Å². The Hall–Kier alpha value is -1.36. The zero-order chi connectivity index (χ0) is 16.0. The first-order valence-corrected chi connectivity index (χ1v) is 7.84. The molecule has 0 atom stereocenters. The van der Waals surface area contributed by atoms with Crippen LogP contribution in [0, 0.1) is 6.92 Å². The Morgan fingerprint density at radius 3 is 2.43 bits per heavy atom. The highest BCUT2D eigenvalue weighted by atomic mass is 35.5. The fraction of sp³-hybridized carbons (Fsp3) is 0.667. The third kappa shape index (κ3) is 4.84. The molecule has 0 saturated carbocycles. The molecule has 0 aliphatic heterocycles. The van der Waals surface area contributed by atoms with Gasteiger partial charge in [-0.15, -0.1) is 0 Å². The van der Waals surface area contributed by atoms with Gasteiger partial charge in [-0.3, -0.25) is 4.79 Å². The summed E-state index contributed by atoms with van der Waals surface area (Å²) < 4.78 is 0. The Kier molecular flexibility index (Phi) is 6.89. The summed E-state index contributed by atoms with van der Waals surface area (Å²) in [5, 5.41) is 3.66. The van der Waals surface area contributed by atoms with Crippen LogP contribution in [0.25, 0.3) is 0 Å². The lowest BCUT2D eigenvalue weighted by Gasteiger charge is -2.19. The van der Waals surface area contributed by atoms with Crippen LogP contribution in [0.1, 0.15) is 51.4 Å². The lowest BCUT2D eigenvalue weighted by Crippen LogP contribution is -2.31. The van der Waals surface area contributed by atoms with Gasteiger partial charge in [0.05, 0.1) is 0 Å². The Morgan fingerprint density at radius 2 is 1.90 bits per heavy atom. The Morgan fingerprint density at radius 1 is 1.29 bits per heavy atom. The van der Waals surface area contributed by atoms with Crippen LogP contribution in [0.3, 0.4) is 0 Å². The topological polar surface area (TPSA) is 58.1 Å². The molecule has 1 N–H and O–H groups in total. The monoisotopic (exact) mass is 312 g/mol. The largest absolute Gasteiger partial charge is 0.369 e. The maximum atomic E-state index is 11.9. The van der Waals surface area contributed by atoms with Gasteiger partial charge < -0.3 is 10.2 Å². The molecule has 6 heteroatoms. The van der Waals surface area contributed by atoms with Crippen LogP contribution in [0.2, 0.25) is 5.15 Å². The summed E-state index contributed by atoms with van der Waals surface area (Å²) in [6, 6.07) is 0. The molecule has 0 radical (unpaired) electrons. The van der Waals surface area contributed by atoms with Gasteiger partial charge in [-0.1, -0.05) is 25.4 Å². The summed E-state index contributed by atoms with van der Waals surface area (Å²) in [6.45, 7) is 11.9. The number of amides is 1. The molecule has 1 heterocycles. The minimum Gasteiger partial charge on any atom is -0.369 e. The quantitative estimate of drug-likeness (QED) is 0.785. The minimum absolute atomic E-state index is 0.148. The summed E-state index contributed by atoms with van der Waals surface area (Å²) in [4.78, 5) is 22.5. The lowest BCUT2D eigenvalue weighted by atomic mass is 10.2. The van der Waals surface area contributed by atoms with Gasteiger partial charge in [-0.25, -0.2) is 9.97 Å². The van der Waals surface area contributed by atoms with Gasteiger partial charge in [0, 0.05) is 37.5 Å². The fourth-order valence-electron chi connectivity index (χ4n) is 1.96. The third-order valence-electron chi connectivity index (χ3n) is 3.37. The molecule has 0 saturated heterocycles. The zero-order valence-electron chi connectivity index (χ0n) is 13.5. The second-order valence-electron chi connectivity index (χ2n) is 5.24. The van der Waals surface area contributed by atoms with E-state index in [0.29, 0.717) is 29.8 Å². The van der Waals surface area contributed by atoms with Gasteiger partial charge in [-0.05, 0) is 20.8 Å². The van der Waals surface area contributed by atoms with Crippen LogP contribution in [-0.2, 0) is 4.79 Å². The molecule has 0 fully saturated rings. The third-order valence-corrected chi connectivity index (χ3v) is 3.74. The van der Waals surface area contributed by atoms with E-state index in [2.05, 4.69) is 15.3 Å². The molecule has 21 heavy (non-hydrogen) atoms. The maximum Gasteiger partial charge on any atom is 0.224 e.